The lowest BCUT2D eigenvalue weighted by Gasteiger charge is -1.74. The molecule has 0 aliphatic carbocycles. The van der Waals surface area contributed by atoms with Crippen LogP contribution in [0.15, 0.2) is 35.2 Å². The van der Waals surface area contributed by atoms with E-state index in [1.165, 1.54) is 12.3 Å². The Morgan fingerprint density at radius 3 is 3.38 bits per heavy atom. The summed E-state index contributed by atoms with van der Waals surface area (Å²) < 4.78 is 12.0. The first-order valence-corrected chi connectivity index (χ1v) is 2.20. The predicted molar refractivity (Wildman–Crippen MR) is 30.3 cm³/mol. The van der Waals surface area contributed by atoms with Gasteiger partial charge in [0, 0.05) is 0 Å². The largest absolute Gasteiger partial charge is 0.220 e. The third-order valence-corrected chi connectivity index (χ3v) is 0.689. The van der Waals surface area contributed by atoms with Crippen LogP contribution in [0.2, 0.25) is 0 Å². The van der Waals surface area contributed by atoms with Gasteiger partial charge in [-0.25, -0.2) is 4.99 Å². The molecular weight excluding hydrogens is 105 g/mol. The second kappa shape index (κ2) is 2.24. The van der Waals surface area contributed by atoms with E-state index >= 15 is 0 Å². The molecule has 1 rings (SSSR count). The topological polar surface area (TPSA) is 12.4 Å². The number of aliphatic imine (C=N–C) groups is 1. The fraction of sp³-hybridized carbons (Fsp3) is 0. The van der Waals surface area contributed by atoms with E-state index < -0.39 is 5.97 Å². The first-order valence-electron chi connectivity index (χ1n) is 2.20. The smallest absolute Gasteiger partial charge is 0.213 e. The lowest BCUT2D eigenvalue weighted by atomic mass is 10.5. The van der Waals surface area contributed by atoms with E-state index in [2.05, 4.69) is 10.7 Å². The van der Waals surface area contributed by atoms with Gasteiger partial charge in [-0.15, -0.1) is 5.73 Å². The second-order valence-electron chi connectivity index (χ2n) is 1.27. The van der Waals surface area contributed by atoms with E-state index in [9.17, 15) is 4.39 Å². The summed E-state index contributed by atoms with van der Waals surface area (Å²) in [4.78, 5) is 3.32. The van der Waals surface area contributed by atoms with E-state index in [1.54, 1.807) is 12.2 Å². The van der Waals surface area contributed by atoms with Crippen LogP contribution in [0.5, 0.6) is 0 Å². The monoisotopic (exact) mass is 109 g/mol. The van der Waals surface area contributed by atoms with Crippen LogP contribution in [0.4, 0.5) is 4.39 Å². The minimum atomic E-state index is -0.480. The first-order chi connectivity index (χ1) is 3.89. The van der Waals surface area contributed by atoms with Gasteiger partial charge < -0.3 is 0 Å². The highest BCUT2D eigenvalue weighted by molar-refractivity contribution is 5.87. The summed E-state index contributed by atoms with van der Waals surface area (Å²) in [5.41, 5.74) is 2.61. The molecule has 0 spiro atoms. The quantitative estimate of drug-likeness (QED) is 0.419. The molecule has 0 saturated heterocycles. The Morgan fingerprint density at radius 1 is 1.62 bits per heavy atom. The van der Waals surface area contributed by atoms with Crippen molar-refractivity contribution in [2.45, 2.75) is 0 Å². The Labute approximate surface area is 46.6 Å². The van der Waals surface area contributed by atoms with E-state index in [0.717, 1.165) is 0 Å². The van der Waals surface area contributed by atoms with Gasteiger partial charge in [0.25, 0.3) is 0 Å². The van der Waals surface area contributed by atoms with E-state index in [0.29, 0.717) is 0 Å². The van der Waals surface area contributed by atoms with E-state index in [-0.39, 0.29) is 0 Å². The molecule has 1 aliphatic rings. The highest BCUT2D eigenvalue weighted by atomic mass is 19.1. The first kappa shape index (κ1) is 5.01. The average molecular weight is 109 g/mol. The zero-order valence-corrected chi connectivity index (χ0v) is 4.13. The molecule has 0 unspecified atom stereocenters. The van der Waals surface area contributed by atoms with Crippen molar-refractivity contribution in [2.24, 2.45) is 4.99 Å². The maximum Gasteiger partial charge on any atom is 0.213 e. The molecule has 8 heavy (non-hydrogen) atoms. The number of allylic oxidation sites excluding steroid dienone is 3. The Balaban J connectivity index is 2.90. The van der Waals surface area contributed by atoms with Crippen LogP contribution in [0.1, 0.15) is 0 Å². The highest BCUT2D eigenvalue weighted by Crippen LogP contribution is 1.89. The van der Waals surface area contributed by atoms with Crippen LogP contribution in [0.25, 0.3) is 0 Å². The van der Waals surface area contributed by atoms with Crippen LogP contribution < -0.4 is 0 Å². The lowest BCUT2D eigenvalue weighted by molar-refractivity contribution is 0.813. The van der Waals surface area contributed by atoms with Gasteiger partial charge >= 0.3 is 0 Å². The molecule has 0 radical (unpaired) electrons. The van der Waals surface area contributed by atoms with Crippen molar-refractivity contribution >= 4 is 5.97 Å². The molecule has 0 aromatic heterocycles. The Kier molecular flexibility index (Phi) is 1.40. The summed E-state index contributed by atoms with van der Waals surface area (Å²) in [6, 6.07) is 0. The zero-order valence-electron chi connectivity index (χ0n) is 4.13. The van der Waals surface area contributed by atoms with E-state index in [1.807, 2.05) is 0 Å². The Bertz CT molecular complexity index is 195. The molecule has 0 aromatic carbocycles. The van der Waals surface area contributed by atoms with Gasteiger partial charge in [-0.05, 0) is 18.2 Å². The second-order valence-corrected chi connectivity index (χ2v) is 1.27. The molecule has 1 nitrogen and oxygen atoms in total. The van der Waals surface area contributed by atoms with Gasteiger partial charge in [-0.2, -0.15) is 4.39 Å². The standard InChI is InChI=1S/C6H4FN/c7-6-4-2-1-3-5-8-6/h1-2,4-5H. The molecule has 0 saturated carbocycles. The van der Waals surface area contributed by atoms with Crippen molar-refractivity contribution in [3.05, 3.63) is 30.2 Å². The third kappa shape index (κ3) is 1.17. The number of nitrogens with zero attached hydrogens (tertiary/aromatic N) is 1. The van der Waals surface area contributed by atoms with E-state index in [4.69, 9.17) is 0 Å². The van der Waals surface area contributed by atoms with Crippen molar-refractivity contribution in [2.75, 3.05) is 0 Å². The van der Waals surface area contributed by atoms with Gasteiger partial charge in [0.2, 0.25) is 5.97 Å². The minimum absolute atomic E-state index is 0.480. The molecule has 0 fully saturated rings. The number of halogens is 1. The van der Waals surface area contributed by atoms with Crippen LogP contribution in [-0.2, 0) is 0 Å². The summed E-state index contributed by atoms with van der Waals surface area (Å²) >= 11 is 0. The molecule has 0 N–H and O–H groups in total. The summed E-state index contributed by atoms with van der Waals surface area (Å²) in [7, 11) is 0. The van der Waals surface area contributed by atoms with Crippen LogP contribution >= 0.6 is 0 Å². The van der Waals surface area contributed by atoms with Crippen molar-refractivity contribution < 1.29 is 4.39 Å². The van der Waals surface area contributed by atoms with Crippen molar-refractivity contribution in [3.63, 3.8) is 0 Å². The highest BCUT2D eigenvalue weighted by Gasteiger charge is 1.83. The number of hydrogen-bond acceptors (Lipinski definition) is 1. The third-order valence-electron chi connectivity index (χ3n) is 0.689. The molecule has 1 heterocycles. The average Bonchev–Trinajstić information content (AvgIpc) is 1.94. The summed E-state index contributed by atoms with van der Waals surface area (Å²) in [6.07, 6.45) is 5.70. The fourth-order valence-corrected chi connectivity index (χ4v) is 0.368. The van der Waals surface area contributed by atoms with Crippen LogP contribution in [0, 0.1) is 0 Å². The number of rotatable bonds is 0. The van der Waals surface area contributed by atoms with Gasteiger partial charge in [-0.1, -0.05) is 0 Å². The molecule has 0 aromatic rings. The van der Waals surface area contributed by atoms with Crippen molar-refractivity contribution in [1.29, 1.82) is 0 Å². The van der Waals surface area contributed by atoms with Crippen molar-refractivity contribution in [1.82, 2.24) is 0 Å². The molecular formula is C6H4FN. The predicted octanol–water partition coefficient (Wildman–Crippen LogP) is 1.59. The maximum atomic E-state index is 12.0. The number of hydrogen-bond donors (Lipinski definition) is 0. The molecule has 0 amide bonds. The SMILES string of the molecule is FC1=NC=C=CC=C1. The molecule has 1 aliphatic heterocycles. The summed E-state index contributed by atoms with van der Waals surface area (Å²) in [6.45, 7) is 0. The summed E-state index contributed by atoms with van der Waals surface area (Å²) in [5.74, 6) is -0.480. The lowest BCUT2D eigenvalue weighted by Crippen LogP contribution is -1.75. The minimum Gasteiger partial charge on any atom is -0.220 e. The van der Waals surface area contributed by atoms with Gasteiger partial charge in [0.15, 0.2) is 0 Å². The molecule has 40 valence electrons. The van der Waals surface area contributed by atoms with Crippen LogP contribution in [0.3, 0.4) is 0 Å². The van der Waals surface area contributed by atoms with Crippen molar-refractivity contribution in [3.8, 4) is 0 Å². The van der Waals surface area contributed by atoms with Gasteiger partial charge in [0.05, 0.1) is 6.20 Å². The molecule has 0 bridgehead atoms. The normalized spacial score (nSPS) is 15.9. The van der Waals surface area contributed by atoms with Crippen LogP contribution in [-0.4, -0.2) is 5.97 Å². The molecule has 2 heteroatoms. The Hall–Kier alpha value is -1.14. The summed E-state index contributed by atoms with van der Waals surface area (Å²) in [5, 5.41) is 0. The maximum absolute atomic E-state index is 12.0. The molecule has 0 atom stereocenters. The van der Waals surface area contributed by atoms with Gasteiger partial charge in [0.1, 0.15) is 0 Å². The Morgan fingerprint density at radius 2 is 2.50 bits per heavy atom. The van der Waals surface area contributed by atoms with Gasteiger partial charge in [-0.3, -0.25) is 0 Å². The zero-order chi connectivity index (χ0) is 5.82. The fourth-order valence-electron chi connectivity index (χ4n) is 0.368.